The molecule has 2 aliphatic heterocycles. The molecule has 1 aromatic carbocycles. The number of hydrogen-bond acceptors (Lipinski definition) is 7. The third kappa shape index (κ3) is 6.17. The van der Waals surface area contributed by atoms with Crippen molar-refractivity contribution in [3.8, 4) is 5.75 Å². The third-order valence-corrected chi connectivity index (χ3v) is 6.45. The van der Waals surface area contributed by atoms with Crippen LogP contribution in [0.5, 0.6) is 5.75 Å². The molecule has 34 heavy (non-hydrogen) atoms. The van der Waals surface area contributed by atoms with Crippen molar-refractivity contribution in [2.24, 2.45) is 0 Å². The van der Waals surface area contributed by atoms with E-state index in [1.165, 1.54) is 5.56 Å². The molecular weight excluding hydrogens is 430 g/mol. The lowest BCUT2D eigenvalue weighted by molar-refractivity contribution is 0.00996. The summed E-state index contributed by atoms with van der Waals surface area (Å²) in [5, 5.41) is 0. The van der Waals surface area contributed by atoms with Crippen LogP contribution in [0.3, 0.4) is 0 Å². The third-order valence-electron chi connectivity index (χ3n) is 6.45. The van der Waals surface area contributed by atoms with E-state index in [4.69, 9.17) is 9.47 Å². The van der Waals surface area contributed by atoms with Crippen LogP contribution in [0.4, 0.5) is 10.7 Å². The maximum Gasteiger partial charge on any atom is 0.410 e. The molecule has 0 aliphatic carbocycles. The average Bonchev–Trinajstić information content (AvgIpc) is 2.81. The molecule has 0 spiro atoms. The molecule has 2 aromatic rings. The molecule has 0 N–H and O–H groups in total. The minimum Gasteiger partial charge on any atom is -0.488 e. The summed E-state index contributed by atoms with van der Waals surface area (Å²) in [5.74, 6) is 1.32. The molecule has 0 unspecified atom stereocenters. The number of ether oxygens (including phenoxy) is 2. The highest BCUT2D eigenvalue weighted by molar-refractivity contribution is 5.69. The lowest BCUT2D eigenvalue weighted by Crippen LogP contribution is -2.59. The van der Waals surface area contributed by atoms with Crippen molar-refractivity contribution in [2.75, 3.05) is 31.1 Å². The first-order valence-corrected chi connectivity index (χ1v) is 12.4. The summed E-state index contributed by atoms with van der Waals surface area (Å²) in [7, 11) is 0. The Bertz CT molecular complexity index is 904. The van der Waals surface area contributed by atoms with E-state index >= 15 is 0 Å². The molecule has 1 amide bonds. The molecule has 8 nitrogen and oxygen atoms in total. The SMILES string of the molecule is CC(C)Oc1cnc(N2C[C@@H](C)N(C(=O)OC3CCN(Cc4ccccc4)CC3)[C@@H](C)C2)nc1. The maximum atomic E-state index is 13.1. The number of nitrogens with zero attached hydrogens (tertiary/aromatic N) is 5. The normalized spacial score (nSPS) is 22.1. The Balaban J connectivity index is 1.26. The number of carbonyl (C=O) groups is 1. The first-order valence-electron chi connectivity index (χ1n) is 12.4. The number of piperidine rings is 1. The molecule has 0 saturated carbocycles. The Morgan fingerprint density at radius 2 is 1.65 bits per heavy atom. The summed E-state index contributed by atoms with van der Waals surface area (Å²) in [6.45, 7) is 12.2. The number of likely N-dealkylation sites (tertiary alicyclic amines) is 1. The van der Waals surface area contributed by atoms with Crippen LogP contribution in [-0.2, 0) is 11.3 Å². The van der Waals surface area contributed by atoms with Crippen molar-refractivity contribution < 1.29 is 14.3 Å². The molecule has 1 aromatic heterocycles. The van der Waals surface area contributed by atoms with E-state index in [1.54, 1.807) is 12.4 Å². The van der Waals surface area contributed by atoms with Crippen LogP contribution in [0.1, 0.15) is 46.1 Å². The number of anilines is 1. The van der Waals surface area contributed by atoms with Crippen LogP contribution >= 0.6 is 0 Å². The van der Waals surface area contributed by atoms with Crippen molar-refractivity contribution in [2.45, 2.75) is 71.4 Å². The fourth-order valence-electron chi connectivity index (χ4n) is 4.88. The summed E-state index contributed by atoms with van der Waals surface area (Å²) in [6.07, 6.45) is 5.03. The van der Waals surface area contributed by atoms with Crippen molar-refractivity contribution in [3.63, 3.8) is 0 Å². The highest BCUT2D eigenvalue weighted by Crippen LogP contribution is 2.24. The Morgan fingerprint density at radius 3 is 2.24 bits per heavy atom. The zero-order chi connectivity index (χ0) is 24.1. The second-order valence-corrected chi connectivity index (χ2v) is 9.74. The number of carbonyl (C=O) groups excluding carboxylic acids is 1. The van der Waals surface area contributed by atoms with Gasteiger partial charge in [0.25, 0.3) is 0 Å². The largest absolute Gasteiger partial charge is 0.488 e. The van der Waals surface area contributed by atoms with E-state index in [1.807, 2.05) is 24.8 Å². The van der Waals surface area contributed by atoms with Crippen LogP contribution in [0, 0.1) is 0 Å². The predicted molar refractivity (Wildman–Crippen MR) is 132 cm³/mol. The molecular formula is C26H37N5O3. The number of amides is 1. The van der Waals surface area contributed by atoms with Gasteiger partial charge in [0.05, 0.1) is 30.6 Å². The fraction of sp³-hybridized carbons (Fsp3) is 0.577. The van der Waals surface area contributed by atoms with Crippen LogP contribution < -0.4 is 9.64 Å². The average molecular weight is 468 g/mol. The van der Waals surface area contributed by atoms with Gasteiger partial charge in [-0.3, -0.25) is 9.80 Å². The van der Waals surface area contributed by atoms with E-state index in [0.717, 1.165) is 32.5 Å². The predicted octanol–water partition coefficient (Wildman–Crippen LogP) is 3.96. The monoisotopic (exact) mass is 467 g/mol. The fourth-order valence-corrected chi connectivity index (χ4v) is 4.88. The van der Waals surface area contributed by atoms with Gasteiger partial charge in [0, 0.05) is 32.7 Å². The Kier molecular flexibility index (Phi) is 7.88. The second kappa shape index (κ2) is 11.0. The molecule has 0 bridgehead atoms. The topological polar surface area (TPSA) is 71.0 Å². The molecule has 0 radical (unpaired) electrons. The van der Waals surface area contributed by atoms with E-state index in [2.05, 4.69) is 57.9 Å². The van der Waals surface area contributed by atoms with Gasteiger partial charge < -0.3 is 14.4 Å². The van der Waals surface area contributed by atoms with E-state index < -0.39 is 0 Å². The van der Waals surface area contributed by atoms with Crippen molar-refractivity contribution >= 4 is 12.0 Å². The molecule has 184 valence electrons. The van der Waals surface area contributed by atoms with Gasteiger partial charge in [-0.1, -0.05) is 30.3 Å². The van der Waals surface area contributed by atoms with Crippen LogP contribution in [0.25, 0.3) is 0 Å². The maximum absolute atomic E-state index is 13.1. The number of rotatable bonds is 6. The highest BCUT2D eigenvalue weighted by atomic mass is 16.6. The minimum atomic E-state index is -0.206. The lowest BCUT2D eigenvalue weighted by atomic mass is 10.1. The minimum absolute atomic E-state index is 0.00427. The number of aromatic nitrogens is 2. The Labute approximate surface area is 202 Å². The lowest BCUT2D eigenvalue weighted by Gasteiger charge is -2.44. The van der Waals surface area contributed by atoms with Crippen molar-refractivity contribution in [3.05, 3.63) is 48.3 Å². The summed E-state index contributed by atoms with van der Waals surface area (Å²) in [4.78, 5) is 28.5. The summed E-state index contributed by atoms with van der Waals surface area (Å²) < 4.78 is 11.6. The van der Waals surface area contributed by atoms with Gasteiger partial charge in [-0.25, -0.2) is 14.8 Å². The van der Waals surface area contributed by atoms with Gasteiger partial charge in [0.1, 0.15) is 6.10 Å². The summed E-state index contributed by atoms with van der Waals surface area (Å²) in [6, 6.07) is 10.5. The Morgan fingerprint density at radius 1 is 1.03 bits per heavy atom. The van der Waals surface area contributed by atoms with Crippen molar-refractivity contribution in [1.29, 1.82) is 0 Å². The molecule has 2 fully saturated rings. The van der Waals surface area contributed by atoms with E-state index in [0.29, 0.717) is 24.8 Å². The standard InChI is InChI=1S/C26H37N5O3/c1-19(2)33-24-14-27-25(28-15-24)30-16-20(3)31(21(4)17-30)26(32)34-23-10-12-29(13-11-23)18-22-8-6-5-7-9-22/h5-9,14-15,19-21,23H,10-13,16-18H2,1-4H3/t20-,21+. The van der Waals surface area contributed by atoms with Gasteiger partial charge in [-0.15, -0.1) is 0 Å². The molecule has 2 aliphatic rings. The number of benzene rings is 1. The molecule has 4 rings (SSSR count). The zero-order valence-electron chi connectivity index (χ0n) is 20.8. The van der Waals surface area contributed by atoms with Crippen molar-refractivity contribution in [1.82, 2.24) is 19.8 Å². The van der Waals surface area contributed by atoms with Gasteiger partial charge in [-0.05, 0) is 46.1 Å². The van der Waals surface area contributed by atoms with Crippen LogP contribution in [-0.4, -0.2) is 76.3 Å². The first kappa shape index (κ1) is 24.3. The van der Waals surface area contributed by atoms with Crippen LogP contribution in [0.15, 0.2) is 42.7 Å². The first-order chi connectivity index (χ1) is 16.4. The Hall–Kier alpha value is -2.87. The van der Waals surface area contributed by atoms with Gasteiger partial charge in [-0.2, -0.15) is 0 Å². The van der Waals surface area contributed by atoms with Gasteiger partial charge in [0.15, 0.2) is 5.75 Å². The summed E-state index contributed by atoms with van der Waals surface area (Å²) in [5.41, 5.74) is 1.32. The molecule has 3 heterocycles. The van der Waals surface area contributed by atoms with Gasteiger partial charge in [0.2, 0.25) is 5.95 Å². The zero-order valence-corrected chi connectivity index (χ0v) is 20.8. The smallest absolute Gasteiger partial charge is 0.410 e. The molecule has 8 heteroatoms. The van der Waals surface area contributed by atoms with Crippen LogP contribution in [0.2, 0.25) is 0 Å². The highest BCUT2D eigenvalue weighted by Gasteiger charge is 2.36. The molecule has 2 saturated heterocycles. The second-order valence-electron chi connectivity index (χ2n) is 9.74. The number of hydrogen-bond donors (Lipinski definition) is 0. The number of piperazine rings is 1. The summed E-state index contributed by atoms with van der Waals surface area (Å²) >= 11 is 0. The van der Waals surface area contributed by atoms with E-state index in [-0.39, 0.29) is 30.4 Å². The van der Waals surface area contributed by atoms with Gasteiger partial charge >= 0.3 is 6.09 Å². The quantitative estimate of drug-likeness (QED) is 0.637. The molecule has 2 atom stereocenters. The van der Waals surface area contributed by atoms with E-state index in [9.17, 15) is 4.79 Å².